The minimum Gasteiger partial charge on any atom is -0.489 e. The highest BCUT2D eigenvalue weighted by Gasteiger charge is 2.12. The van der Waals surface area contributed by atoms with E-state index in [0.29, 0.717) is 0 Å². The highest BCUT2D eigenvalue weighted by Crippen LogP contribution is 2.20. The van der Waals surface area contributed by atoms with Gasteiger partial charge in [-0.25, -0.2) is 0 Å². The van der Waals surface area contributed by atoms with E-state index in [2.05, 4.69) is 44.9 Å². The average Bonchev–Trinajstić information content (AvgIpc) is 2.42. The Morgan fingerprint density at radius 1 is 1.24 bits per heavy atom. The summed E-state index contributed by atoms with van der Waals surface area (Å²) >= 11 is 0. The Labute approximate surface area is 130 Å². The molecule has 21 heavy (non-hydrogen) atoms. The average molecular weight is 292 g/mol. The van der Waals surface area contributed by atoms with Gasteiger partial charge in [-0.15, -0.1) is 0 Å². The van der Waals surface area contributed by atoms with Gasteiger partial charge in [0.05, 0.1) is 12.3 Å². The smallest absolute Gasteiger partial charge is 0.142 e. The highest BCUT2D eigenvalue weighted by atomic mass is 16.5. The van der Waals surface area contributed by atoms with Gasteiger partial charge in [0.2, 0.25) is 0 Å². The minimum absolute atomic E-state index is 0.103. The molecule has 0 aliphatic heterocycles. The third-order valence-corrected chi connectivity index (χ3v) is 3.47. The highest BCUT2D eigenvalue weighted by molar-refractivity contribution is 5.30. The van der Waals surface area contributed by atoms with Crippen molar-refractivity contribution in [2.45, 2.75) is 84.9 Å². The number of hydrogen-bond donors (Lipinski definition) is 1. The Morgan fingerprint density at radius 3 is 2.67 bits per heavy atom. The van der Waals surface area contributed by atoms with E-state index in [9.17, 15) is 0 Å². The first-order valence-electron chi connectivity index (χ1n) is 8.27. The molecule has 0 radical (unpaired) electrons. The van der Waals surface area contributed by atoms with Crippen molar-refractivity contribution in [3.05, 3.63) is 24.0 Å². The van der Waals surface area contributed by atoms with Crippen LogP contribution in [0.3, 0.4) is 0 Å². The summed E-state index contributed by atoms with van der Waals surface area (Å²) in [6.07, 6.45) is 10.2. The first-order valence-corrected chi connectivity index (χ1v) is 8.27. The van der Waals surface area contributed by atoms with Crippen LogP contribution in [-0.4, -0.2) is 16.6 Å². The van der Waals surface area contributed by atoms with Crippen molar-refractivity contribution in [2.24, 2.45) is 0 Å². The van der Waals surface area contributed by atoms with Crippen LogP contribution in [0, 0.1) is 0 Å². The zero-order valence-corrected chi connectivity index (χ0v) is 14.4. The van der Waals surface area contributed by atoms with Crippen molar-refractivity contribution in [1.82, 2.24) is 10.3 Å². The number of nitrogens with zero attached hydrogens (tertiary/aromatic N) is 1. The Morgan fingerprint density at radius 2 is 2.00 bits per heavy atom. The van der Waals surface area contributed by atoms with Crippen molar-refractivity contribution < 1.29 is 4.74 Å². The SMILES string of the molecule is CCCCCCC(C)Oc1cnccc1CNC(C)(C)C. The van der Waals surface area contributed by atoms with Gasteiger partial charge in [-0.3, -0.25) is 4.98 Å². The molecule has 0 aliphatic carbocycles. The van der Waals surface area contributed by atoms with E-state index >= 15 is 0 Å². The first kappa shape index (κ1) is 18.0. The summed E-state index contributed by atoms with van der Waals surface area (Å²) in [4.78, 5) is 4.20. The molecule has 0 bridgehead atoms. The lowest BCUT2D eigenvalue weighted by Crippen LogP contribution is -2.35. The quantitative estimate of drug-likeness (QED) is 0.669. The lowest BCUT2D eigenvalue weighted by Gasteiger charge is -2.22. The van der Waals surface area contributed by atoms with Crippen molar-refractivity contribution in [3.63, 3.8) is 0 Å². The van der Waals surface area contributed by atoms with Gasteiger partial charge in [0.1, 0.15) is 5.75 Å². The van der Waals surface area contributed by atoms with E-state index in [1.807, 2.05) is 18.5 Å². The molecule has 120 valence electrons. The summed E-state index contributed by atoms with van der Waals surface area (Å²) in [5.74, 6) is 0.914. The normalized spacial score (nSPS) is 13.2. The van der Waals surface area contributed by atoms with Gasteiger partial charge in [0.25, 0.3) is 0 Å². The molecule has 1 heterocycles. The van der Waals surface area contributed by atoms with Crippen LogP contribution in [0.4, 0.5) is 0 Å². The van der Waals surface area contributed by atoms with Crippen LogP contribution in [0.1, 0.15) is 72.3 Å². The summed E-state index contributed by atoms with van der Waals surface area (Å²) in [7, 11) is 0. The molecule has 1 aromatic rings. The zero-order chi connectivity index (χ0) is 15.7. The largest absolute Gasteiger partial charge is 0.489 e. The summed E-state index contributed by atoms with van der Waals surface area (Å²) in [5, 5.41) is 3.50. The van der Waals surface area contributed by atoms with E-state index in [1.165, 1.54) is 31.2 Å². The molecular weight excluding hydrogens is 260 g/mol. The van der Waals surface area contributed by atoms with E-state index in [-0.39, 0.29) is 11.6 Å². The first-order chi connectivity index (χ1) is 9.92. The Hall–Kier alpha value is -1.09. The fourth-order valence-electron chi connectivity index (χ4n) is 2.16. The maximum Gasteiger partial charge on any atom is 0.142 e. The second-order valence-electron chi connectivity index (χ2n) is 6.86. The van der Waals surface area contributed by atoms with Gasteiger partial charge in [-0.1, -0.05) is 26.2 Å². The standard InChI is InChI=1S/C18H32N2O/c1-6-7-8-9-10-15(2)21-17-14-19-12-11-16(17)13-20-18(3,4)5/h11-12,14-15,20H,6-10,13H2,1-5H3. The summed E-state index contributed by atoms with van der Waals surface area (Å²) in [5.41, 5.74) is 1.28. The van der Waals surface area contributed by atoms with Crippen LogP contribution in [-0.2, 0) is 6.54 Å². The molecule has 0 aliphatic rings. The molecule has 1 N–H and O–H groups in total. The van der Waals surface area contributed by atoms with Crippen molar-refractivity contribution in [3.8, 4) is 5.75 Å². The third kappa shape index (κ3) is 8.05. The molecule has 0 aromatic carbocycles. The second-order valence-corrected chi connectivity index (χ2v) is 6.86. The van der Waals surface area contributed by atoms with Gasteiger partial charge in [0, 0.05) is 23.8 Å². The fraction of sp³-hybridized carbons (Fsp3) is 0.722. The predicted molar refractivity (Wildman–Crippen MR) is 89.7 cm³/mol. The maximum absolute atomic E-state index is 6.09. The summed E-state index contributed by atoms with van der Waals surface area (Å²) < 4.78 is 6.09. The summed E-state index contributed by atoms with van der Waals surface area (Å²) in [6, 6.07) is 2.04. The molecule has 0 amide bonds. The molecule has 3 heteroatoms. The van der Waals surface area contributed by atoms with Crippen LogP contribution in [0.15, 0.2) is 18.5 Å². The second kappa shape index (κ2) is 9.04. The monoisotopic (exact) mass is 292 g/mol. The minimum atomic E-state index is 0.103. The van der Waals surface area contributed by atoms with Crippen molar-refractivity contribution in [1.29, 1.82) is 0 Å². The molecule has 0 saturated heterocycles. The van der Waals surface area contributed by atoms with Crippen LogP contribution < -0.4 is 10.1 Å². The lowest BCUT2D eigenvalue weighted by molar-refractivity contribution is 0.203. The van der Waals surface area contributed by atoms with Crippen LogP contribution in [0.2, 0.25) is 0 Å². The topological polar surface area (TPSA) is 34.1 Å². The number of pyridine rings is 1. The molecule has 0 saturated carbocycles. The van der Waals surface area contributed by atoms with Gasteiger partial charge in [0.15, 0.2) is 0 Å². The van der Waals surface area contributed by atoms with Crippen molar-refractivity contribution >= 4 is 0 Å². The van der Waals surface area contributed by atoms with E-state index < -0.39 is 0 Å². The number of hydrogen-bond acceptors (Lipinski definition) is 3. The molecular formula is C18H32N2O. The van der Waals surface area contributed by atoms with Gasteiger partial charge >= 0.3 is 0 Å². The van der Waals surface area contributed by atoms with E-state index in [1.54, 1.807) is 0 Å². The fourth-order valence-corrected chi connectivity index (χ4v) is 2.16. The van der Waals surface area contributed by atoms with Gasteiger partial charge in [-0.2, -0.15) is 0 Å². The number of unbranched alkanes of at least 4 members (excludes halogenated alkanes) is 3. The van der Waals surface area contributed by atoms with Gasteiger partial charge in [-0.05, 0) is 46.6 Å². The molecule has 0 spiro atoms. The number of nitrogens with one attached hydrogen (secondary N) is 1. The Balaban J connectivity index is 2.50. The number of ether oxygens (including phenoxy) is 1. The molecule has 0 fully saturated rings. The zero-order valence-electron chi connectivity index (χ0n) is 14.4. The van der Waals surface area contributed by atoms with Gasteiger partial charge < -0.3 is 10.1 Å². The summed E-state index contributed by atoms with van der Waals surface area (Å²) in [6.45, 7) is 11.7. The van der Waals surface area contributed by atoms with Crippen LogP contribution in [0.5, 0.6) is 5.75 Å². The lowest BCUT2D eigenvalue weighted by atomic mass is 10.1. The predicted octanol–water partition coefficient (Wildman–Crippen LogP) is 4.71. The third-order valence-electron chi connectivity index (χ3n) is 3.47. The molecule has 1 rings (SSSR count). The van der Waals surface area contributed by atoms with E-state index in [4.69, 9.17) is 4.74 Å². The molecule has 3 nitrogen and oxygen atoms in total. The van der Waals surface area contributed by atoms with E-state index in [0.717, 1.165) is 18.7 Å². The molecule has 1 unspecified atom stereocenters. The molecule has 1 aromatic heterocycles. The maximum atomic E-state index is 6.09. The number of aromatic nitrogens is 1. The van der Waals surface area contributed by atoms with Crippen LogP contribution >= 0.6 is 0 Å². The molecule has 1 atom stereocenters. The Bertz CT molecular complexity index is 398. The Kier molecular flexibility index (Phi) is 7.73. The van der Waals surface area contributed by atoms with Crippen molar-refractivity contribution in [2.75, 3.05) is 0 Å². The number of rotatable bonds is 9. The van der Waals surface area contributed by atoms with Crippen LogP contribution in [0.25, 0.3) is 0 Å².